The largest absolute Gasteiger partial charge is 0.495 e. The normalized spacial score (nSPS) is 15.3. The quantitative estimate of drug-likeness (QED) is 0.745. The third-order valence-electron chi connectivity index (χ3n) is 4.96. The van der Waals surface area contributed by atoms with Crippen LogP contribution < -0.4 is 9.46 Å². The molecule has 0 unspecified atom stereocenters. The molecule has 0 aromatic heterocycles. The SMILES string of the molecule is COc1ccccc1NS(=O)(=O)c1cc(C(=O)N2CCCCCCC2)ccc1Cl. The average molecular weight is 437 g/mol. The van der Waals surface area contributed by atoms with Crippen molar-refractivity contribution in [1.82, 2.24) is 4.90 Å². The van der Waals surface area contributed by atoms with Gasteiger partial charge in [-0.2, -0.15) is 0 Å². The summed E-state index contributed by atoms with van der Waals surface area (Å²) in [7, 11) is -2.55. The number of carbonyl (C=O) groups excluding carboxylic acids is 1. The van der Waals surface area contributed by atoms with Gasteiger partial charge in [0.25, 0.3) is 15.9 Å². The lowest BCUT2D eigenvalue weighted by atomic mass is 10.1. The molecule has 1 fully saturated rings. The molecule has 0 bridgehead atoms. The lowest BCUT2D eigenvalue weighted by Crippen LogP contribution is -2.34. The van der Waals surface area contributed by atoms with Crippen molar-refractivity contribution in [2.24, 2.45) is 0 Å². The van der Waals surface area contributed by atoms with Gasteiger partial charge in [0, 0.05) is 18.7 Å². The van der Waals surface area contributed by atoms with Crippen LogP contribution in [0.3, 0.4) is 0 Å². The number of carbonyl (C=O) groups is 1. The van der Waals surface area contributed by atoms with Crippen LogP contribution >= 0.6 is 11.6 Å². The van der Waals surface area contributed by atoms with Gasteiger partial charge >= 0.3 is 0 Å². The van der Waals surface area contributed by atoms with Crippen LogP contribution in [0.25, 0.3) is 0 Å². The number of anilines is 1. The summed E-state index contributed by atoms with van der Waals surface area (Å²) in [5.41, 5.74) is 0.613. The van der Waals surface area contributed by atoms with Gasteiger partial charge in [-0.3, -0.25) is 9.52 Å². The highest BCUT2D eigenvalue weighted by molar-refractivity contribution is 7.92. The summed E-state index contributed by atoms with van der Waals surface area (Å²) < 4.78 is 33.6. The maximum Gasteiger partial charge on any atom is 0.263 e. The molecule has 6 nitrogen and oxygen atoms in total. The Balaban J connectivity index is 1.88. The Hall–Kier alpha value is -2.25. The third kappa shape index (κ3) is 5.22. The summed E-state index contributed by atoms with van der Waals surface area (Å²) in [5, 5.41) is 0.0524. The summed E-state index contributed by atoms with van der Waals surface area (Å²) in [6.07, 6.45) is 5.32. The Morgan fingerprint density at radius 3 is 2.38 bits per heavy atom. The van der Waals surface area contributed by atoms with Crippen molar-refractivity contribution in [1.29, 1.82) is 0 Å². The molecule has 1 N–H and O–H groups in total. The molecule has 0 spiro atoms. The first kappa shape index (κ1) is 21.5. The van der Waals surface area contributed by atoms with E-state index in [1.165, 1.54) is 25.7 Å². The smallest absolute Gasteiger partial charge is 0.263 e. The van der Waals surface area contributed by atoms with Crippen LogP contribution in [0.4, 0.5) is 5.69 Å². The summed E-state index contributed by atoms with van der Waals surface area (Å²) in [6.45, 7) is 1.37. The maximum atomic E-state index is 13.0. The second kappa shape index (κ2) is 9.50. The molecular formula is C21H25ClN2O4S. The van der Waals surface area contributed by atoms with Crippen LogP contribution in [0, 0.1) is 0 Å². The number of methoxy groups -OCH3 is 1. The molecule has 0 saturated carbocycles. The van der Waals surface area contributed by atoms with E-state index in [9.17, 15) is 13.2 Å². The molecule has 0 radical (unpaired) electrons. The van der Waals surface area contributed by atoms with Crippen molar-refractivity contribution in [3.63, 3.8) is 0 Å². The number of nitrogens with zero attached hydrogens (tertiary/aromatic N) is 1. The number of para-hydroxylation sites is 2. The minimum atomic E-state index is -4.01. The van der Waals surface area contributed by atoms with E-state index >= 15 is 0 Å². The molecule has 29 heavy (non-hydrogen) atoms. The highest BCUT2D eigenvalue weighted by Crippen LogP contribution is 2.29. The zero-order chi connectivity index (χ0) is 20.9. The molecule has 2 aromatic carbocycles. The fraction of sp³-hybridized carbons (Fsp3) is 0.381. The fourth-order valence-corrected chi connectivity index (χ4v) is 5.00. The number of ether oxygens (including phenoxy) is 1. The second-order valence-electron chi connectivity index (χ2n) is 7.01. The third-order valence-corrected chi connectivity index (χ3v) is 6.81. The molecular weight excluding hydrogens is 412 g/mol. The summed E-state index contributed by atoms with van der Waals surface area (Å²) in [5.74, 6) is 0.220. The van der Waals surface area contributed by atoms with Gasteiger partial charge in [0.2, 0.25) is 0 Å². The molecule has 156 valence electrons. The van der Waals surface area contributed by atoms with Crippen LogP contribution in [0.2, 0.25) is 5.02 Å². The summed E-state index contributed by atoms with van der Waals surface area (Å²) >= 11 is 6.18. The second-order valence-corrected chi connectivity index (χ2v) is 9.07. The van der Waals surface area contributed by atoms with E-state index < -0.39 is 10.0 Å². The van der Waals surface area contributed by atoms with Crippen LogP contribution in [0.1, 0.15) is 42.5 Å². The number of benzene rings is 2. The van der Waals surface area contributed by atoms with E-state index in [4.69, 9.17) is 16.3 Å². The Kier molecular flexibility index (Phi) is 7.03. The van der Waals surface area contributed by atoms with Crippen molar-refractivity contribution >= 4 is 33.2 Å². The first-order valence-corrected chi connectivity index (χ1v) is 11.5. The van der Waals surface area contributed by atoms with Crippen LogP contribution in [-0.4, -0.2) is 39.4 Å². The minimum absolute atomic E-state index is 0.0524. The topological polar surface area (TPSA) is 75.7 Å². The van der Waals surface area contributed by atoms with Gasteiger partial charge < -0.3 is 9.64 Å². The molecule has 3 rings (SSSR count). The fourth-order valence-electron chi connectivity index (χ4n) is 3.40. The highest BCUT2D eigenvalue weighted by Gasteiger charge is 2.23. The number of rotatable bonds is 5. The van der Waals surface area contributed by atoms with Crippen molar-refractivity contribution in [3.05, 3.63) is 53.1 Å². The Bertz CT molecular complexity index is 970. The number of amides is 1. The van der Waals surface area contributed by atoms with E-state index in [1.54, 1.807) is 35.2 Å². The van der Waals surface area contributed by atoms with E-state index in [0.717, 1.165) is 25.7 Å². The standard InChI is InChI=1S/C21H25ClN2O4S/c1-28-19-10-6-5-9-18(19)23-29(26,27)20-15-16(11-12-17(20)22)21(25)24-13-7-3-2-4-8-14-24/h5-6,9-12,15,23H,2-4,7-8,13-14H2,1H3. The number of halogens is 1. The van der Waals surface area contributed by atoms with Crippen molar-refractivity contribution in [2.75, 3.05) is 24.9 Å². The molecule has 1 saturated heterocycles. The monoisotopic (exact) mass is 436 g/mol. The first-order chi connectivity index (χ1) is 13.9. The first-order valence-electron chi connectivity index (χ1n) is 9.67. The van der Waals surface area contributed by atoms with Crippen molar-refractivity contribution in [2.45, 2.75) is 37.0 Å². The maximum absolute atomic E-state index is 13.0. The van der Waals surface area contributed by atoms with Gasteiger partial charge in [-0.1, -0.05) is 43.0 Å². The van der Waals surface area contributed by atoms with Crippen LogP contribution in [-0.2, 0) is 10.0 Å². The lowest BCUT2D eigenvalue weighted by molar-refractivity contribution is 0.0742. The zero-order valence-corrected chi connectivity index (χ0v) is 17.9. The molecule has 8 heteroatoms. The van der Waals surface area contributed by atoms with Crippen LogP contribution in [0.5, 0.6) is 5.75 Å². The number of nitrogens with one attached hydrogen (secondary N) is 1. The molecule has 0 aliphatic carbocycles. The number of likely N-dealkylation sites (tertiary alicyclic amines) is 1. The molecule has 1 amide bonds. The average Bonchev–Trinajstić information content (AvgIpc) is 2.67. The molecule has 0 atom stereocenters. The summed E-state index contributed by atoms with van der Waals surface area (Å²) in [6, 6.07) is 11.1. The van der Waals surface area contributed by atoms with E-state index in [-0.39, 0.29) is 15.8 Å². The van der Waals surface area contributed by atoms with E-state index in [2.05, 4.69) is 4.72 Å². The van der Waals surface area contributed by atoms with Crippen molar-refractivity contribution in [3.8, 4) is 5.75 Å². The lowest BCUT2D eigenvalue weighted by Gasteiger charge is -2.25. The highest BCUT2D eigenvalue weighted by atomic mass is 35.5. The number of hydrogen-bond acceptors (Lipinski definition) is 4. The Morgan fingerprint density at radius 2 is 1.69 bits per heavy atom. The van der Waals surface area contributed by atoms with Gasteiger partial charge in [-0.25, -0.2) is 8.42 Å². The van der Waals surface area contributed by atoms with Gasteiger partial charge in [0.1, 0.15) is 10.6 Å². The molecule has 1 aliphatic rings. The predicted molar refractivity (Wildman–Crippen MR) is 114 cm³/mol. The Morgan fingerprint density at radius 1 is 1.03 bits per heavy atom. The van der Waals surface area contributed by atoms with E-state index in [0.29, 0.717) is 30.1 Å². The Labute approximate surface area is 176 Å². The molecule has 1 aliphatic heterocycles. The van der Waals surface area contributed by atoms with Crippen molar-refractivity contribution < 1.29 is 17.9 Å². The van der Waals surface area contributed by atoms with E-state index in [1.807, 2.05) is 0 Å². The van der Waals surface area contributed by atoms with Gasteiger partial charge in [-0.05, 0) is 43.2 Å². The minimum Gasteiger partial charge on any atom is -0.495 e. The summed E-state index contributed by atoms with van der Waals surface area (Å²) in [4.78, 5) is 14.6. The van der Waals surface area contributed by atoms with Gasteiger partial charge in [0.05, 0.1) is 17.8 Å². The van der Waals surface area contributed by atoms with Crippen LogP contribution in [0.15, 0.2) is 47.4 Å². The number of sulfonamides is 1. The van der Waals surface area contributed by atoms with Gasteiger partial charge in [0.15, 0.2) is 0 Å². The zero-order valence-electron chi connectivity index (χ0n) is 16.4. The predicted octanol–water partition coefficient (Wildman–Crippen LogP) is 4.56. The molecule has 1 heterocycles. The number of hydrogen-bond donors (Lipinski definition) is 1. The van der Waals surface area contributed by atoms with Gasteiger partial charge in [-0.15, -0.1) is 0 Å². The molecule has 2 aromatic rings.